The molecule has 7 heteroatoms. The van der Waals surface area contributed by atoms with Gasteiger partial charge in [-0.05, 0) is 6.07 Å². The molecule has 0 saturated heterocycles. The zero-order valence-electron chi connectivity index (χ0n) is 10.1. The number of nitrogen functional groups attached to an aromatic ring is 1. The first-order valence-electron chi connectivity index (χ1n) is 5.32. The maximum Gasteiger partial charge on any atom is 0.267 e. The summed E-state index contributed by atoms with van der Waals surface area (Å²) in [4.78, 5) is 18.3. The van der Waals surface area contributed by atoms with E-state index in [1.165, 1.54) is 11.3 Å². The molecule has 0 fully saturated rings. The van der Waals surface area contributed by atoms with Crippen molar-refractivity contribution in [3.8, 4) is 0 Å². The summed E-state index contributed by atoms with van der Waals surface area (Å²) in [7, 11) is 3.45. The average molecular weight is 266 g/mol. The molecule has 0 radical (unpaired) electrons. The topological polar surface area (TPSA) is 84.4 Å². The molecule has 2 aromatic rings. The van der Waals surface area contributed by atoms with E-state index in [0.29, 0.717) is 16.6 Å². The van der Waals surface area contributed by atoms with E-state index in [-0.39, 0.29) is 11.7 Å². The third kappa shape index (κ3) is 2.45. The Bertz CT molecular complexity index is 535. The van der Waals surface area contributed by atoms with E-state index < -0.39 is 0 Å². The Morgan fingerprint density at radius 1 is 1.67 bits per heavy atom. The number of rotatable bonds is 4. The Kier molecular flexibility index (Phi) is 3.52. The molecule has 96 valence electrons. The van der Waals surface area contributed by atoms with Crippen LogP contribution in [0.1, 0.15) is 15.2 Å². The van der Waals surface area contributed by atoms with Gasteiger partial charge in [0.2, 0.25) is 0 Å². The molecule has 0 unspecified atom stereocenters. The highest BCUT2D eigenvalue weighted by Gasteiger charge is 2.19. The standard InChI is InChI=1S/C11H14N4O2S/c1-13-11-14-9(12)8(18-11)10(16)15(2)5-7-3-4-17-6-7/h3-4,6H,5,12H2,1-2H3,(H,13,14). The number of nitrogens with two attached hydrogens (primary N) is 1. The number of hydrogen-bond donors (Lipinski definition) is 2. The molecule has 0 aliphatic rings. The van der Waals surface area contributed by atoms with Gasteiger partial charge < -0.3 is 20.4 Å². The van der Waals surface area contributed by atoms with Crippen molar-refractivity contribution in [2.45, 2.75) is 6.54 Å². The third-order valence-electron chi connectivity index (χ3n) is 2.41. The number of carbonyl (C=O) groups is 1. The van der Waals surface area contributed by atoms with Crippen LogP contribution < -0.4 is 11.1 Å². The number of thiazole rings is 1. The van der Waals surface area contributed by atoms with Gasteiger partial charge in [0, 0.05) is 26.2 Å². The van der Waals surface area contributed by atoms with Crippen molar-refractivity contribution in [1.29, 1.82) is 0 Å². The molecule has 2 rings (SSSR count). The summed E-state index contributed by atoms with van der Waals surface area (Å²) < 4.78 is 4.96. The number of anilines is 2. The number of furan rings is 1. The highest BCUT2D eigenvalue weighted by atomic mass is 32.1. The smallest absolute Gasteiger partial charge is 0.267 e. The van der Waals surface area contributed by atoms with Gasteiger partial charge in [-0.1, -0.05) is 11.3 Å². The second-order valence-corrected chi connectivity index (χ2v) is 4.78. The average Bonchev–Trinajstić information content (AvgIpc) is 2.97. The van der Waals surface area contributed by atoms with Crippen LogP contribution in [0.3, 0.4) is 0 Å². The monoisotopic (exact) mass is 266 g/mol. The SMILES string of the molecule is CNc1nc(N)c(C(=O)N(C)Cc2ccoc2)s1. The third-order valence-corrected chi connectivity index (χ3v) is 3.48. The van der Waals surface area contributed by atoms with E-state index >= 15 is 0 Å². The summed E-state index contributed by atoms with van der Waals surface area (Å²) >= 11 is 1.25. The molecule has 0 saturated carbocycles. The predicted octanol–water partition coefficient (Wildman–Crippen LogP) is 1.63. The van der Waals surface area contributed by atoms with Crippen LogP contribution in [0.5, 0.6) is 0 Å². The van der Waals surface area contributed by atoms with Gasteiger partial charge >= 0.3 is 0 Å². The fraction of sp³-hybridized carbons (Fsp3) is 0.273. The van der Waals surface area contributed by atoms with Crippen LogP contribution >= 0.6 is 11.3 Å². The van der Waals surface area contributed by atoms with E-state index in [0.717, 1.165) is 5.56 Å². The molecule has 0 aliphatic carbocycles. The van der Waals surface area contributed by atoms with Crippen molar-refractivity contribution in [3.63, 3.8) is 0 Å². The summed E-state index contributed by atoms with van der Waals surface area (Å²) in [6, 6.07) is 1.82. The second kappa shape index (κ2) is 5.09. The van der Waals surface area contributed by atoms with E-state index in [2.05, 4.69) is 10.3 Å². The maximum absolute atomic E-state index is 12.2. The van der Waals surface area contributed by atoms with Crippen molar-refractivity contribution >= 4 is 28.2 Å². The van der Waals surface area contributed by atoms with Crippen molar-refractivity contribution in [2.24, 2.45) is 0 Å². The quantitative estimate of drug-likeness (QED) is 0.878. The summed E-state index contributed by atoms with van der Waals surface area (Å²) in [6.45, 7) is 0.474. The van der Waals surface area contributed by atoms with Gasteiger partial charge in [-0.15, -0.1) is 0 Å². The Morgan fingerprint density at radius 3 is 3.00 bits per heavy atom. The lowest BCUT2D eigenvalue weighted by molar-refractivity contribution is 0.0790. The Morgan fingerprint density at radius 2 is 2.44 bits per heavy atom. The first kappa shape index (κ1) is 12.4. The van der Waals surface area contributed by atoms with Crippen LogP contribution in [-0.4, -0.2) is 29.9 Å². The van der Waals surface area contributed by atoms with Crippen LogP contribution in [0.25, 0.3) is 0 Å². The molecule has 0 bridgehead atoms. The van der Waals surface area contributed by atoms with Crippen molar-refractivity contribution < 1.29 is 9.21 Å². The predicted molar refractivity (Wildman–Crippen MR) is 70.6 cm³/mol. The molecule has 2 heterocycles. The molecule has 0 spiro atoms. The highest BCUT2D eigenvalue weighted by Crippen LogP contribution is 2.25. The fourth-order valence-corrected chi connectivity index (χ4v) is 2.33. The molecule has 18 heavy (non-hydrogen) atoms. The second-order valence-electron chi connectivity index (χ2n) is 3.78. The molecule has 0 aromatic carbocycles. The van der Waals surface area contributed by atoms with Gasteiger partial charge in [0.25, 0.3) is 5.91 Å². The number of nitrogens with one attached hydrogen (secondary N) is 1. The number of amides is 1. The minimum atomic E-state index is -0.146. The first-order chi connectivity index (χ1) is 8.61. The Balaban J connectivity index is 2.12. The number of hydrogen-bond acceptors (Lipinski definition) is 6. The van der Waals surface area contributed by atoms with Gasteiger partial charge in [-0.3, -0.25) is 4.79 Å². The summed E-state index contributed by atoms with van der Waals surface area (Å²) in [6.07, 6.45) is 3.19. The van der Waals surface area contributed by atoms with Crippen molar-refractivity contribution in [3.05, 3.63) is 29.0 Å². The van der Waals surface area contributed by atoms with E-state index in [1.54, 1.807) is 31.5 Å². The van der Waals surface area contributed by atoms with Crippen molar-refractivity contribution in [1.82, 2.24) is 9.88 Å². The number of nitrogens with zero attached hydrogens (tertiary/aromatic N) is 2. The Hall–Kier alpha value is -2.02. The van der Waals surface area contributed by atoms with Crippen LogP contribution in [0.2, 0.25) is 0 Å². The van der Waals surface area contributed by atoms with Crippen LogP contribution in [0.4, 0.5) is 10.9 Å². The zero-order valence-corrected chi connectivity index (χ0v) is 11.0. The maximum atomic E-state index is 12.2. The molecule has 2 aromatic heterocycles. The minimum absolute atomic E-state index is 0.146. The summed E-state index contributed by atoms with van der Waals surface area (Å²) in [5.41, 5.74) is 6.66. The van der Waals surface area contributed by atoms with Gasteiger partial charge in [0.05, 0.1) is 12.5 Å². The number of aromatic nitrogens is 1. The molecular weight excluding hydrogens is 252 g/mol. The van der Waals surface area contributed by atoms with Gasteiger partial charge in [-0.25, -0.2) is 4.98 Å². The molecule has 0 atom stereocenters. The zero-order chi connectivity index (χ0) is 13.1. The van der Waals surface area contributed by atoms with Crippen molar-refractivity contribution in [2.75, 3.05) is 25.1 Å². The molecular formula is C11H14N4O2S. The van der Waals surface area contributed by atoms with E-state index in [4.69, 9.17) is 10.2 Å². The summed E-state index contributed by atoms with van der Waals surface area (Å²) in [5, 5.41) is 3.50. The molecule has 0 aliphatic heterocycles. The molecule has 6 nitrogen and oxygen atoms in total. The lowest BCUT2D eigenvalue weighted by atomic mass is 10.3. The van der Waals surface area contributed by atoms with Gasteiger partial charge in [-0.2, -0.15) is 0 Å². The lowest BCUT2D eigenvalue weighted by Gasteiger charge is -2.14. The lowest BCUT2D eigenvalue weighted by Crippen LogP contribution is -2.25. The van der Waals surface area contributed by atoms with E-state index in [9.17, 15) is 4.79 Å². The highest BCUT2D eigenvalue weighted by molar-refractivity contribution is 7.18. The van der Waals surface area contributed by atoms with Gasteiger partial charge in [0.1, 0.15) is 10.7 Å². The summed E-state index contributed by atoms with van der Waals surface area (Å²) in [5.74, 6) is 0.112. The van der Waals surface area contributed by atoms with Gasteiger partial charge in [0.15, 0.2) is 5.13 Å². The molecule has 1 amide bonds. The van der Waals surface area contributed by atoms with Crippen LogP contribution in [0, 0.1) is 0 Å². The molecule has 3 N–H and O–H groups in total. The largest absolute Gasteiger partial charge is 0.472 e. The van der Waals surface area contributed by atoms with Crippen LogP contribution in [-0.2, 0) is 6.54 Å². The normalized spacial score (nSPS) is 10.3. The number of carbonyl (C=O) groups excluding carboxylic acids is 1. The fourth-order valence-electron chi connectivity index (χ4n) is 1.49. The van der Waals surface area contributed by atoms with E-state index in [1.807, 2.05) is 6.07 Å². The minimum Gasteiger partial charge on any atom is -0.472 e. The first-order valence-corrected chi connectivity index (χ1v) is 6.14. The Labute approximate surface area is 108 Å². The van der Waals surface area contributed by atoms with Crippen LogP contribution in [0.15, 0.2) is 23.0 Å².